The fraction of sp³-hybridized carbons (Fsp3) is 0.211. The van der Waals surface area contributed by atoms with Crippen LogP contribution in [0.15, 0.2) is 46.6 Å². The fourth-order valence-corrected chi connectivity index (χ4v) is 3.57. The van der Waals surface area contributed by atoms with Gasteiger partial charge in [0.25, 0.3) is 11.3 Å². The second-order valence-electron chi connectivity index (χ2n) is 6.00. The molecule has 3 aromatic heterocycles. The van der Waals surface area contributed by atoms with Crippen molar-refractivity contribution in [1.82, 2.24) is 24.4 Å². The summed E-state index contributed by atoms with van der Waals surface area (Å²) in [6, 6.07) is 10.8. The van der Waals surface area contributed by atoms with Crippen LogP contribution in [-0.4, -0.2) is 44.1 Å². The lowest BCUT2D eigenvalue weighted by Gasteiger charge is -2.04. The number of carbonyl (C=O) groups excluding carboxylic acids is 1. The van der Waals surface area contributed by atoms with Gasteiger partial charge in [-0.1, -0.05) is 12.1 Å². The predicted molar refractivity (Wildman–Crippen MR) is 106 cm³/mol. The van der Waals surface area contributed by atoms with Gasteiger partial charge >= 0.3 is 5.97 Å². The molecule has 9 nitrogen and oxygen atoms in total. The van der Waals surface area contributed by atoms with Crippen LogP contribution in [0.4, 0.5) is 0 Å². The topological polar surface area (TPSA) is 101 Å². The molecule has 0 spiro atoms. The summed E-state index contributed by atoms with van der Waals surface area (Å²) < 4.78 is 12.9. The van der Waals surface area contributed by atoms with Gasteiger partial charge in [0.2, 0.25) is 5.82 Å². The highest BCUT2D eigenvalue weighted by Crippen LogP contribution is 2.18. The summed E-state index contributed by atoms with van der Waals surface area (Å²) in [5.74, 6) is -0.159. The quantitative estimate of drug-likeness (QED) is 0.448. The number of aromatic nitrogens is 5. The van der Waals surface area contributed by atoms with Gasteiger partial charge in [0, 0.05) is 17.4 Å². The minimum atomic E-state index is -0.712. The highest BCUT2D eigenvalue weighted by molar-refractivity contribution is 7.09. The Kier molecular flexibility index (Phi) is 5.09. The van der Waals surface area contributed by atoms with Gasteiger partial charge in [-0.05, 0) is 30.5 Å². The molecule has 10 heteroatoms. The van der Waals surface area contributed by atoms with Crippen LogP contribution in [0.1, 0.15) is 28.1 Å². The first-order valence-corrected chi connectivity index (χ1v) is 9.71. The fourth-order valence-electron chi connectivity index (χ4n) is 2.86. The van der Waals surface area contributed by atoms with Crippen molar-refractivity contribution >= 4 is 23.1 Å². The molecular formula is C19H17N5O4S. The van der Waals surface area contributed by atoms with Crippen molar-refractivity contribution in [2.75, 3.05) is 13.7 Å². The molecule has 0 unspecified atom stereocenters. The Morgan fingerprint density at radius 2 is 2.07 bits per heavy atom. The SMILES string of the molecule is CCOC(=O)c1nn(-c2cccc(OC)c2)c2nnc(Cc3cccs3)c(=O)n12. The van der Waals surface area contributed by atoms with E-state index < -0.39 is 11.5 Å². The summed E-state index contributed by atoms with van der Waals surface area (Å²) >= 11 is 1.51. The number of hydrogen-bond acceptors (Lipinski definition) is 8. The van der Waals surface area contributed by atoms with Crippen molar-refractivity contribution < 1.29 is 14.3 Å². The molecule has 0 radical (unpaired) electrons. The number of nitrogens with zero attached hydrogens (tertiary/aromatic N) is 5. The molecule has 0 bridgehead atoms. The number of rotatable bonds is 6. The van der Waals surface area contributed by atoms with E-state index in [1.807, 2.05) is 17.5 Å². The van der Waals surface area contributed by atoms with Gasteiger partial charge in [-0.3, -0.25) is 4.79 Å². The Bertz CT molecular complexity index is 1230. The lowest BCUT2D eigenvalue weighted by molar-refractivity contribution is 0.0509. The highest BCUT2D eigenvalue weighted by atomic mass is 32.1. The number of methoxy groups -OCH3 is 1. The Morgan fingerprint density at radius 3 is 2.79 bits per heavy atom. The first kappa shape index (κ1) is 18.8. The average molecular weight is 411 g/mol. The lowest BCUT2D eigenvalue weighted by atomic mass is 10.3. The second kappa shape index (κ2) is 7.84. The van der Waals surface area contributed by atoms with Crippen LogP contribution >= 0.6 is 11.3 Å². The van der Waals surface area contributed by atoms with E-state index in [0.717, 1.165) is 9.28 Å². The van der Waals surface area contributed by atoms with Gasteiger partial charge in [-0.15, -0.1) is 26.6 Å². The minimum Gasteiger partial charge on any atom is -0.497 e. The Hall–Kier alpha value is -3.53. The Balaban J connectivity index is 1.92. The zero-order valence-corrected chi connectivity index (χ0v) is 16.5. The summed E-state index contributed by atoms with van der Waals surface area (Å²) in [5.41, 5.74) is 0.332. The first-order chi connectivity index (χ1) is 14.1. The van der Waals surface area contributed by atoms with Gasteiger partial charge in [0.15, 0.2) is 0 Å². The van der Waals surface area contributed by atoms with Crippen molar-refractivity contribution in [3.05, 3.63) is 68.5 Å². The molecule has 0 amide bonds. The predicted octanol–water partition coefficient (Wildman–Crippen LogP) is 2.11. The van der Waals surface area contributed by atoms with E-state index in [2.05, 4.69) is 15.3 Å². The molecule has 0 atom stereocenters. The van der Waals surface area contributed by atoms with Crippen LogP contribution in [0.5, 0.6) is 5.75 Å². The smallest absolute Gasteiger partial charge is 0.376 e. The standard InChI is InChI=1S/C19H17N5O4S/c1-3-28-18(26)16-22-24(12-6-4-7-13(10-12)27-2)19-21-20-15(17(25)23(16)19)11-14-8-5-9-29-14/h4-10H,3,11H2,1-2H3. The highest BCUT2D eigenvalue weighted by Gasteiger charge is 2.24. The molecular weight excluding hydrogens is 394 g/mol. The van der Waals surface area contributed by atoms with Crippen LogP contribution in [0, 0.1) is 0 Å². The van der Waals surface area contributed by atoms with Gasteiger partial charge < -0.3 is 9.47 Å². The molecule has 4 rings (SSSR count). The summed E-state index contributed by atoms with van der Waals surface area (Å²) in [6.07, 6.45) is 0.318. The molecule has 148 valence electrons. The Morgan fingerprint density at radius 1 is 1.21 bits per heavy atom. The maximum atomic E-state index is 13.1. The van der Waals surface area contributed by atoms with Gasteiger partial charge in [-0.2, -0.15) is 4.68 Å². The minimum absolute atomic E-state index is 0.112. The number of fused-ring (bicyclic) bond motifs is 1. The second-order valence-corrected chi connectivity index (χ2v) is 7.03. The van der Waals surface area contributed by atoms with Crippen molar-refractivity contribution in [3.8, 4) is 11.4 Å². The zero-order valence-electron chi connectivity index (χ0n) is 15.7. The normalized spacial score (nSPS) is 11.0. The van der Waals surface area contributed by atoms with E-state index in [1.54, 1.807) is 38.3 Å². The van der Waals surface area contributed by atoms with E-state index in [9.17, 15) is 9.59 Å². The molecule has 0 aliphatic rings. The number of hydrogen-bond donors (Lipinski definition) is 0. The van der Waals surface area contributed by atoms with E-state index in [4.69, 9.17) is 9.47 Å². The molecule has 1 aromatic carbocycles. The number of esters is 1. The van der Waals surface area contributed by atoms with Crippen molar-refractivity contribution in [1.29, 1.82) is 0 Å². The van der Waals surface area contributed by atoms with E-state index in [1.165, 1.54) is 16.0 Å². The maximum Gasteiger partial charge on any atom is 0.376 e. The number of benzene rings is 1. The zero-order chi connectivity index (χ0) is 20.4. The largest absolute Gasteiger partial charge is 0.497 e. The molecule has 3 heterocycles. The van der Waals surface area contributed by atoms with Gasteiger partial charge in [0.1, 0.15) is 11.4 Å². The summed E-state index contributed by atoms with van der Waals surface area (Å²) in [5, 5.41) is 14.5. The van der Waals surface area contributed by atoms with Crippen molar-refractivity contribution in [2.45, 2.75) is 13.3 Å². The monoisotopic (exact) mass is 411 g/mol. The Labute approximate surface area is 169 Å². The van der Waals surface area contributed by atoms with Crippen LogP contribution in [0.2, 0.25) is 0 Å². The van der Waals surface area contributed by atoms with E-state index in [0.29, 0.717) is 17.9 Å². The molecule has 29 heavy (non-hydrogen) atoms. The van der Waals surface area contributed by atoms with Gasteiger partial charge in [-0.25, -0.2) is 9.20 Å². The first-order valence-electron chi connectivity index (χ1n) is 8.83. The van der Waals surface area contributed by atoms with Crippen LogP contribution in [-0.2, 0) is 11.2 Å². The summed E-state index contributed by atoms with van der Waals surface area (Å²) in [7, 11) is 1.55. The van der Waals surface area contributed by atoms with Crippen LogP contribution in [0.3, 0.4) is 0 Å². The third-order valence-electron chi connectivity index (χ3n) is 4.18. The molecule has 0 aliphatic carbocycles. The van der Waals surface area contributed by atoms with E-state index >= 15 is 0 Å². The number of ether oxygens (including phenoxy) is 2. The lowest BCUT2D eigenvalue weighted by Crippen LogP contribution is -2.25. The summed E-state index contributed by atoms with van der Waals surface area (Å²) in [6.45, 7) is 1.84. The van der Waals surface area contributed by atoms with Crippen LogP contribution in [0.25, 0.3) is 11.5 Å². The van der Waals surface area contributed by atoms with Crippen molar-refractivity contribution in [3.63, 3.8) is 0 Å². The third kappa shape index (κ3) is 3.49. The van der Waals surface area contributed by atoms with Crippen molar-refractivity contribution in [2.24, 2.45) is 0 Å². The van der Waals surface area contributed by atoms with Crippen LogP contribution < -0.4 is 10.3 Å². The molecule has 0 aliphatic heterocycles. The maximum absolute atomic E-state index is 13.1. The molecule has 4 aromatic rings. The molecule has 0 saturated heterocycles. The molecule has 0 N–H and O–H groups in total. The number of carbonyl (C=O) groups is 1. The third-order valence-corrected chi connectivity index (χ3v) is 5.06. The molecule has 0 saturated carbocycles. The van der Waals surface area contributed by atoms with Gasteiger partial charge in [0.05, 0.1) is 19.4 Å². The molecule has 0 fully saturated rings. The average Bonchev–Trinajstić information content (AvgIpc) is 3.38. The summed E-state index contributed by atoms with van der Waals surface area (Å²) in [4.78, 5) is 26.6. The number of thiophene rings is 1. The van der Waals surface area contributed by atoms with E-state index in [-0.39, 0.29) is 23.9 Å².